The maximum Gasteiger partial charge on any atom is 0.366 e. The van der Waals surface area contributed by atoms with Crippen LogP contribution in [0.3, 0.4) is 0 Å². The summed E-state index contributed by atoms with van der Waals surface area (Å²) in [7, 11) is 1.37. The second kappa shape index (κ2) is 8.74. The highest BCUT2D eigenvalue weighted by Crippen LogP contribution is 2.30. The van der Waals surface area contributed by atoms with Gasteiger partial charge in [0.05, 0.1) is 13.3 Å². The Morgan fingerprint density at radius 3 is 2.76 bits per heavy atom. The van der Waals surface area contributed by atoms with E-state index in [9.17, 15) is 28.3 Å². The number of aliphatic hydroxyl groups excluding tert-OH is 1. The van der Waals surface area contributed by atoms with Gasteiger partial charge in [0, 0.05) is 18.7 Å². The van der Waals surface area contributed by atoms with Gasteiger partial charge in [0.2, 0.25) is 5.91 Å². The van der Waals surface area contributed by atoms with Gasteiger partial charge >= 0.3 is 5.92 Å². The summed E-state index contributed by atoms with van der Waals surface area (Å²) in [5, 5.41) is 14.2. The van der Waals surface area contributed by atoms with E-state index in [2.05, 4.69) is 15.6 Å². The van der Waals surface area contributed by atoms with Crippen molar-refractivity contribution in [3.8, 4) is 5.75 Å². The van der Waals surface area contributed by atoms with Crippen LogP contribution in [-0.2, 0) is 28.6 Å². The monoisotopic (exact) mass is 460 g/mol. The molecular weight excluding hydrogens is 438 g/mol. The van der Waals surface area contributed by atoms with Gasteiger partial charge in [-0.05, 0) is 42.2 Å². The zero-order chi connectivity index (χ0) is 23.8. The fourth-order valence-electron chi connectivity index (χ4n) is 3.93. The predicted molar refractivity (Wildman–Crippen MR) is 110 cm³/mol. The second-order valence-electron chi connectivity index (χ2n) is 7.88. The molecule has 2 aromatic rings. The molecule has 1 aromatic carbocycles. The summed E-state index contributed by atoms with van der Waals surface area (Å²) in [5.74, 6) is -5.78. The summed E-state index contributed by atoms with van der Waals surface area (Å²) < 4.78 is 33.8. The van der Waals surface area contributed by atoms with E-state index < -0.39 is 35.7 Å². The van der Waals surface area contributed by atoms with Gasteiger partial charge in [-0.25, -0.2) is 0 Å². The highest BCUT2D eigenvalue weighted by atomic mass is 19.3. The quantitative estimate of drug-likeness (QED) is 0.593. The fourth-order valence-corrected chi connectivity index (χ4v) is 3.93. The number of hydrogen-bond acceptors (Lipinski definition) is 6. The van der Waals surface area contributed by atoms with Crippen molar-refractivity contribution in [2.24, 2.45) is 0 Å². The lowest BCUT2D eigenvalue weighted by Gasteiger charge is -2.32. The number of carbonyl (C=O) groups is 3. The number of fused-ring (bicyclic) bond motifs is 1. The third kappa shape index (κ3) is 4.36. The summed E-state index contributed by atoms with van der Waals surface area (Å²) in [6.07, 6.45) is 0.859. The van der Waals surface area contributed by atoms with Crippen molar-refractivity contribution < 1.29 is 33.0 Å². The number of hydrogen-bond donors (Lipinski definition) is 3. The number of nitrogens with zero attached hydrogens (tertiary/aromatic N) is 2. The Labute approximate surface area is 187 Å². The molecule has 1 fully saturated rings. The minimum atomic E-state index is -3.84. The molecule has 0 aliphatic carbocycles. The minimum Gasteiger partial charge on any atom is -0.495 e. The molecule has 1 saturated heterocycles. The number of aliphatic hydroxyl groups is 1. The number of halogens is 2. The lowest BCUT2D eigenvalue weighted by atomic mass is 10.0. The van der Waals surface area contributed by atoms with Gasteiger partial charge in [-0.15, -0.1) is 0 Å². The molecule has 4 rings (SSSR count). The molecule has 3 N–H and O–H groups in total. The average Bonchev–Trinajstić information content (AvgIpc) is 3.12. The topological polar surface area (TPSA) is 121 Å². The van der Waals surface area contributed by atoms with Crippen LogP contribution in [-0.4, -0.2) is 52.1 Å². The highest BCUT2D eigenvalue weighted by Gasteiger charge is 2.42. The number of ether oxygens (including phenoxy) is 1. The number of nitrogens with one attached hydrogen (secondary N) is 2. The molecule has 3 heterocycles. The molecule has 33 heavy (non-hydrogen) atoms. The number of carbonyl (C=O) groups excluding carboxylic acids is 3. The molecule has 0 spiro atoms. The van der Waals surface area contributed by atoms with Crippen LogP contribution in [0, 0.1) is 0 Å². The van der Waals surface area contributed by atoms with E-state index in [1.165, 1.54) is 18.1 Å². The zero-order valence-electron chi connectivity index (χ0n) is 17.7. The summed E-state index contributed by atoms with van der Waals surface area (Å²) in [5.41, 5.74) is 0.872. The minimum absolute atomic E-state index is 0.177. The predicted octanol–water partition coefficient (Wildman–Crippen LogP) is 1.05. The molecule has 174 valence electrons. The van der Waals surface area contributed by atoms with Crippen LogP contribution in [0.5, 0.6) is 5.75 Å². The van der Waals surface area contributed by atoms with E-state index in [-0.39, 0.29) is 19.0 Å². The van der Waals surface area contributed by atoms with Crippen LogP contribution in [0.15, 0.2) is 36.5 Å². The number of alkyl halides is 2. The summed E-state index contributed by atoms with van der Waals surface area (Å²) in [6, 6.07) is 6.39. The average molecular weight is 460 g/mol. The van der Waals surface area contributed by atoms with Gasteiger partial charge < -0.3 is 25.4 Å². The number of amides is 3. The van der Waals surface area contributed by atoms with Crippen LogP contribution < -0.4 is 15.4 Å². The molecule has 0 bridgehead atoms. The van der Waals surface area contributed by atoms with Crippen LogP contribution >= 0.6 is 0 Å². The Hall–Kier alpha value is -3.60. The number of pyridine rings is 1. The summed E-state index contributed by atoms with van der Waals surface area (Å²) in [4.78, 5) is 42.1. The standard InChI is InChI=1S/C22H22F2N4O5/c1-33-14-3-6-17(25-10-14)22(23,24)21(32)26-9-12-2-4-15-13(8-12)11-28(20(15)31)16-5-7-18(29)27-19(16)30/h2-4,6,8,10,16,18,29H,5,7,9,11H2,1H3,(H,26,32)(H,27,30). The largest absolute Gasteiger partial charge is 0.495 e. The van der Waals surface area contributed by atoms with Crippen LogP contribution in [0.25, 0.3) is 0 Å². The Kier molecular flexibility index (Phi) is 5.98. The highest BCUT2D eigenvalue weighted by molar-refractivity contribution is 6.01. The van der Waals surface area contributed by atoms with E-state index in [0.29, 0.717) is 35.3 Å². The number of benzene rings is 1. The van der Waals surface area contributed by atoms with E-state index in [1.807, 2.05) is 0 Å². The van der Waals surface area contributed by atoms with Crippen molar-refractivity contribution in [2.45, 2.75) is 44.1 Å². The molecular formula is C22H22F2N4O5. The van der Waals surface area contributed by atoms with Crippen LogP contribution in [0.4, 0.5) is 8.78 Å². The number of aromatic nitrogens is 1. The fraction of sp³-hybridized carbons (Fsp3) is 0.364. The first-order valence-electron chi connectivity index (χ1n) is 10.3. The van der Waals surface area contributed by atoms with E-state index in [1.54, 1.807) is 18.2 Å². The molecule has 1 aromatic heterocycles. The van der Waals surface area contributed by atoms with Gasteiger partial charge in [0.15, 0.2) is 0 Å². The lowest BCUT2D eigenvalue weighted by molar-refractivity contribution is -0.147. The first-order valence-corrected chi connectivity index (χ1v) is 10.3. The maximum absolute atomic E-state index is 14.5. The van der Waals surface area contributed by atoms with E-state index >= 15 is 0 Å². The van der Waals surface area contributed by atoms with Gasteiger partial charge in [-0.1, -0.05) is 12.1 Å². The van der Waals surface area contributed by atoms with Crippen molar-refractivity contribution in [1.82, 2.24) is 20.5 Å². The third-order valence-corrected chi connectivity index (χ3v) is 5.73. The molecule has 2 aliphatic rings. The van der Waals surface area contributed by atoms with Crippen molar-refractivity contribution in [3.05, 3.63) is 58.9 Å². The van der Waals surface area contributed by atoms with Gasteiger partial charge in [-0.2, -0.15) is 8.78 Å². The molecule has 2 unspecified atom stereocenters. The lowest BCUT2D eigenvalue weighted by Crippen LogP contribution is -2.54. The Morgan fingerprint density at radius 2 is 2.09 bits per heavy atom. The first-order chi connectivity index (χ1) is 15.7. The SMILES string of the molecule is COc1ccc(C(F)(F)C(=O)NCc2ccc3c(c2)CN(C2CCC(O)NC2=O)C3=O)nc1. The van der Waals surface area contributed by atoms with Crippen molar-refractivity contribution >= 4 is 17.7 Å². The molecule has 11 heteroatoms. The van der Waals surface area contributed by atoms with Crippen molar-refractivity contribution in [3.63, 3.8) is 0 Å². The summed E-state index contributed by atoms with van der Waals surface area (Å²) in [6.45, 7) is -0.00177. The van der Waals surface area contributed by atoms with Gasteiger partial charge in [0.1, 0.15) is 23.7 Å². The molecule has 2 aliphatic heterocycles. The molecule has 2 atom stereocenters. The first kappa shape index (κ1) is 22.6. The Morgan fingerprint density at radius 1 is 1.30 bits per heavy atom. The Balaban J connectivity index is 1.41. The number of rotatable bonds is 6. The second-order valence-corrected chi connectivity index (χ2v) is 7.88. The third-order valence-electron chi connectivity index (χ3n) is 5.73. The Bertz CT molecular complexity index is 1090. The van der Waals surface area contributed by atoms with Crippen LogP contribution in [0.2, 0.25) is 0 Å². The van der Waals surface area contributed by atoms with E-state index in [0.717, 1.165) is 12.3 Å². The molecule has 0 saturated carbocycles. The zero-order valence-corrected chi connectivity index (χ0v) is 17.7. The van der Waals surface area contributed by atoms with Crippen molar-refractivity contribution in [2.75, 3.05) is 7.11 Å². The van der Waals surface area contributed by atoms with Crippen LogP contribution in [0.1, 0.15) is 40.0 Å². The molecule has 0 radical (unpaired) electrons. The molecule has 9 nitrogen and oxygen atoms in total. The van der Waals surface area contributed by atoms with Gasteiger partial charge in [-0.3, -0.25) is 19.4 Å². The molecule has 3 amide bonds. The number of methoxy groups -OCH3 is 1. The van der Waals surface area contributed by atoms with Gasteiger partial charge in [0.25, 0.3) is 11.8 Å². The number of piperidine rings is 1. The summed E-state index contributed by atoms with van der Waals surface area (Å²) >= 11 is 0. The normalized spacial score (nSPS) is 20.3. The maximum atomic E-state index is 14.5. The smallest absolute Gasteiger partial charge is 0.366 e. The van der Waals surface area contributed by atoms with E-state index in [4.69, 9.17) is 4.74 Å². The van der Waals surface area contributed by atoms with Crippen molar-refractivity contribution in [1.29, 1.82) is 0 Å².